The number of hydrogen-bond acceptors (Lipinski definition) is 5. The highest BCUT2D eigenvalue weighted by Crippen LogP contribution is 2.34. The number of carbonyl (C=O) groups is 1. The Bertz CT molecular complexity index is 985. The Morgan fingerprint density at radius 3 is 2.25 bits per heavy atom. The second kappa shape index (κ2) is 7.84. The SMILES string of the molecule is CC(=O)N(C)c1cc(N2CCNCC2)ccc1S(=O)(=O)c1cc(F)cc(F)c1. The van der Waals surface area contributed by atoms with Gasteiger partial charge in [0.25, 0.3) is 0 Å². The van der Waals surface area contributed by atoms with Crippen molar-refractivity contribution in [3.8, 4) is 0 Å². The zero-order valence-corrected chi connectivity index (χ0v) is 16.4. The molecule has 2 aromatic carbocycles. The summed E-state index contributed by atoms with van der Waals surface area (Å²) >= 11 is 0. The minimum absolute atomic E-state index is 0.160. The first-order valence-corrected chi connectivity index (χ1v) is 10.2. The van der Waals surface area contributed by atoms with Crippen LogP contribution in [-0.4, -0.2) is 47.6 Å². The number of anilines is 2. The minimum Gasteiger partial charge on any atom is -0.369 e. The van der Waals surface area contributed by atoms with E-state index in [0.717, 1.165) is 44.0 Å². The van der Waals surface area contributed by atoms with E-state index in [0.29, 0.717) is 6.07 Å². The summed E-state index contributed by atoms with van der Waals surface area (Å²) < 4.78 is 53.3. The fourth-order valence-electron chi connectivity index (χ4n) is 3.10. The Morgan fingerprint density at radius 1 is 1.07 bits per heavy atom. The fraction of sp³-hybridized carbons (Fsp3) is 0.316. The van der Waals surface area contributed by atoms with Gasteiger partial charge in [-0.05, 0) is 30.3 Å². The first kappa shape index (κ1) is 20.2. The molecule has 1 fully saturated rings. The predicted octanol–water partition coefficient (Wildman–Crippen LogP) is 2.19. The molecule has 1 N–H and O–H groups in total. The average molecular weight is 409 g/mol. The van der Waals surface area contributed by atoms with E-state index in [-0.39, 0.29) is 16.5 Å². The highest BCUT2D eigenvalue weighted by Gasteiger charge is 2.26. The van der Waals surface area contributed by atoms with Gasteiger partial charge in [0.05, 0.1) is 15.5 Å². The normalized spacial score (nSPS) is 14.8. The van der Waals surface area contributed by atoms with Crippen molar-refractivity contribution in [3.05, 3.63) is 48.0 Å². The van der Waals surface area contributed by atoms with Crippen LogP contribution in [0.25, 0.3) is 0 Å². The Kier molecular flexibility index (Phi) is 5.66. The Labute approximate surface area is 162 Å². The molecule has 1 amide bonds. The fourth-order valence-corrected chi connectivity index (χ4v) is 4.60. The molecule has 0 bridgehead atoms. The van der Waals surface area contributed by atoms with Gasteiger partial charge in [0.2, 0.25) is 15.7 Å². The van der Waals surface area contributed by atoms with Crippen LogP contribution in [0, 0.1) is 11.6 Å². The van der Waals surface area contributed by atoms with Gasteiger partial charge in [0.1, 0.15) is 11.6 Å². The van der Waals surface area contributed by atoms with Crippen LogP contribution in [0.3, 0.4) is 0 Å². The van der Waals surface area contributed by atoms with Crippen molar-refractivity contribution >= 4 is 27.1 Å². The lowest BCUT2D eigenvalue weighted by Gasteiger charge is -2.31. The first-order chi connectivity index (χ1) is 13.2. The molecule has 2 aromatic rings. The largest absolute Gasteiger partial charge is 0.369 e. The molecule has 1 aliphatic heterocycles. The number of halogens is 2. The van der Waals surface area contributed by atoms with E-state index >= 15 is 0 Å². The van der Waals surface area contributed by atoms with Crippen molar-refractivity contribution in [3.63, 3.8) is 0 Å². The van der Waals surface area contributed by atoms with Gasteiger partial charge in [-0.25, -0.2) is 17.2 Å². The van der Waals surface area contributed by atoms with Crippen molar-refractivity contribution < 1.29 is 22.0 Å². The highest BCUT2D eigenvalue weighted by atomic mass is 32.2. The van der Waals surface area contributed by atoms with Crippen molar-refractivity contribution in [2.24, 2.45) is 0 Å². The predicted molar refractivity (Wildman–Crippen MR) is 102 cm³/mol. The summed E-state index contributed by atoms with van der Waals surface area (Å²) in [6.07, 6.45) is 0. The molecule has 0 saturated carbocycles. The summed E-state index contributed by atoms with van der Waals surface area (Å²) in [5.41, 5.74) is 0.933. The molecule has 0 unspecified atom stereocenters. The van der Waals surface area contributed by atoms with Gasteiger partial charge in [0, 0.05) is 51.9 Å². The van der Waals surface area contributed by atoms with Crippen molar-refractivity contribution in [1.29, 1.82) is 0 Å². The molecule has 1 saturated heterocycles. The molecule has 0 aliphatic carbocycles. The van der Waals surface area contributed by atoms with Crippen LogP contribution in [0.2, 0.25) is 0 Å². The molecule has 1 heterocycles. The number of benzene rings is 2. The maximum Gasteiger partial charge on any atom is 0.223 e. The summed E-state index contributed by atoms with van der Waals surface area (Å²) in [7, 11) is -2.78. The van der Waals surface area contributed by atoms with E-state index in [1.54, 1.807) is 12.1 Å². The van der Waals surface area contributed by atoms with Gasteiger partial charge in [-0.3, -0.25) is 4.79 Å². The summed E-state index contributed by atoms with van der Waals surface area (Å²) in [5.74, 6) is -2.34. The van der Waals surface area contributed by atoms with Crippen LogP contribution in [0.5, 0.6) is 0 Å². The number of hydrogen-bond donors (Lipinski definition) is 1. The zero-order valence-electron chi connectivity index (χ0n) is 15.6. The zero-order chi connectivity index (χ0) is 20.5. The third-order valence-electron chi connectivity index (χ3n) is 4.69. The Balaban J connectivity index is 2.14. The Hall–Kier alpha value is -2.52. The van der Waals surface area contributed by atoms with E-state index in [2.05, 4.69) is 10.2 Å². The number of piperazine rings is 1. The lowest BCUT2D eigenvalue weighted by atomic mass is 10.2. The lowest BCUT2D eigenvalue weighted by molar-refractivity contribution is -0.116. The van der Waals surface area contributed by atoms with Crippen LogP contribution in [0.1, 0.15) is 6.92 Å². The average Bonchev–Trinajstić information content (AvgIpc) is 2.66. The first-order valence-electron chi connectivity index (χ1n) is 8.75. The topological polar surface area (TPSA) is 69.7 Å². The Morgan fingerprint density at radius 2 is 1.68 bits per heavy atom. The minimum atomic E-state index is -4.25. The summed E-state index contributed by atoms with van der Waals surface area (Å²) in [6, 6.07) is 6.78. The molecule has 150 valence electrons. The summed E-state index contributed by atoms with van der Waals surface area (Å²) in [5, 5.41) is 3.23. The second-order valence-electron chi connectivity index (χ2n) is 6.58. The van der Waals surface area contributed by atoms with Gasteiger partial charge in [-0.15, -0.1) is 0 Å². The summed E-state index contributed by atoms with van der Waals surface area (Å²) in [6.45, 7) is 4.38. The van der Waals surface area contributed by atoms with Crippen molar-refractivity contribution in [2.75, 3.05) is 43.0 Å². The maximum atomic E-state index is 13.6. The molecule has 0 spiro atoms. The molecule has 28 heavy (non-hydrogen) atoms. The molecule has 9 heteroatoms. The highest BCUT2D eigenvalue weighted by molar-refractivity contribution is 7.91. The maximum absolute atomic E-state index is 13.6. The monoisotopic (exact) mass is 409 g/mol. The number of sulfone groups is 1. The van der Waals surface area contributed by atoms with Crippen molar-refractivity contribution in [2.45, 2.75) is 16.7 Å². The molecule has 1 aliphatic rings. The van der Waals surface area contributed by atoms with E-state index in [1.165, 1.54) is 24.9 Å². The molecule has 3 rings (SSSR count). The third-order valence-corrected chi connectivity index (χ3v) is 6.47. The number of nitrogens with one attached hydrogen (secondary N) is 1. The van der Waals surface area contributed by atoms with Crippen molar-refractivity contribution in [1.82, 2.24) is 5.32 Å². The molecular weight excluding hydrogens is 388 g/mol. The molecular formula is C19H21F2N3O3S. The van der Waals surface area contributed by atoms with E-state index in [4.69, 9.17) is 0 Å². The van der Waals surface area contributed by atoms with E-state index in [9.17, 15) is 22.0 Å². The molecule has 0 atom stereocenters. The lowest BCUT2D eigenvalue weighted by Crippen LogP contribution is -2.43. The third kappa shape index (κ3) is 4.00. The molecule has 0 radical (unpaired) electrons. The number of nitrogens with zero attached hydrogens (tertiary/aromatic N) is 2. The standard InChI is InChI=1S/C19H21F2N3O3S/c1-13(25)23(2)18-12-16(24-7-5-22-6-8-24)3-4-19(18)28(26,27)17-10-14(20)9-15(21)11-17/h3-4,9-12,22H,5-8H2,1-2H3. The molecule has 6 nitrogen and oxygen atoms in total. The van der Waals surface area contributed by atoms with Gasteiger partial charge >= 0.3 is 0 Å². The van der Waals surface area contributed by atoms with Gasteiger partial charge in [0.15, 0.2) is 0 Å². The molecule has 0 aromatic heterocycles. The van der Waals surface area contributed by atoms with Crippen LogP contribution in [-0.2, 0) is 14.6 Å². The number of amides is 1. The van der Waals surface area contributed by atoms with Gasteiger partial charge < -0.3 is 15.1 Å². The van der Waals surface area contributed by atoms with Gasteiger partial charge in [-0.1, -0.05) is 0 Å². The van der Waals surface area contributed by atoms with Crippen LogP contribution >= 0.6 is 0 Å². The summed E-state index contributed by atoms with van der Waals surface area (Å²) in [4.78, 5) is 14.5. The second-order valence-corrected chi connectivity index (χ2v) is 8.49. The van der Waals surface area contributed by atoms with Crippen LogP contribution in [0.15, 0.2) is 46.2 Å². The quantitative estimate of drug-likeness (QED) is 0.838. The smallest absolute Gasteiger partial charge is 0.223 e. The van der Waals surface area contributed by atoms with Gasteiger partial charge in [-0.2, -0.15) is 0 Å². The number of rotatable bonds is 4. The number of carbonyl (C=O) groups excluding carboxylic acids is 1. The van der Waals surface area contributed by atoms with E-state index < -0.39 is 26.4 Å². The van der Waals surface area contributed by atoms with E-state index in [1.807, 2.05) is 0 Å². The van der Waals surface area contributed by atoms with Crippen LogP contribution in [0.4, 0.5) is 20.2 Å². The van der Waals surface area contributed by atoms with Crippen LogP contribution < -0.4 is 15.1 Å².